The van der Waals surface area contributed by atoms with Gasteiger partial charge in [0.2, 0.25) is 0 Å². The van der Waals surface area contributed by atoms with Crippen molar-refractivity contribution in [2.24, 2.45) is 11.8 Å². The van der Waals surface area contributed by atoms with Gasteiger partial charge in [-0.3, -0.25) is 4.90 Å². The minimum atomic E-state index is 0.922. The summed E-state index contributed by atoms with van der Waals surface area (Å²) < 4.78 is 0. The van der Waals surface area contributed by atoms with Crippen molar-refractivity contribution in [2.45, 2.75) is 32.2 Å². The van der Waals surface area contributed by atoms with Gasteiger partial charge in [0.1, 0.15) is 0 Å². The Labute approximate surface area is 117 Å². The monoisotopic (exact) mass is 258 g/mol. The van der Waals surface area contributed by atoms with Crippen LogP contribution in [0.25, 0.3) is 0 Å². The van der Waals surface area contributed by atoms with Gasteiger partial charge in [-0.05, 0) is 62.7 Å². The molecule has 0 spiro atoms. The van der Waals surface area contributed by atoms with E-state index in [1.54, 1.807) is 0 Å². The predicted molar refractivity (Wildman–Crippen MR) is 80.0 cm³/mol. The summed E-state index contributed by atoms with van der Waals surface area (Å²) in [5.41, 5.74) is 1.46. The number of hydrogen-bond acceptors (Lipinski definition) is 2. The smallest absolute Gasteiger partial charge is 0.0233 e. The summed E-state index contributed by atoms with van der Waals surface area (Å²) >= 11 is 0. The van der Waals surface area contributed by atoms with Gasteiger partial charge in [0.25, 0.3) is 0 Å². The molecule has 1 aromatic rings. The first-order valence-electron chi connectivity index (χ1n) is 7.89. The third-order valence-electron chi connectivity index (χ3n) is 4.79. The number of rotatable bonds is 3. The van der Waals surface area contributed by atoms with Crippen molar-refractivity contribution in [2.75, 3.05) is 26.2 Å². The van der Waals surface area contributed by atoms with Crippen LogP contribution in [0.1, 0.15) is 31.2 Å². The standard InChI is InChI=1S/C17H26N2/c1-2-6-15(7-3-1)13-19-11-5-9-17(14-19)16-8-4-10-18-12-16/h1-3,6-7,16-18H,4-5,8-14H2. The van der Waals surface area contributed by atoms with Gasteiger partial charge < -0.3 is 5.32 Å². The average Bonchev–Trinajstić information content (AvgIpc) is 2.49. The van der Waals surface area contributed by atoms with Crippen LogP contribution in [0.15, 0.2) is 30.3 Å². The molecular formula is C17H26N2. The Morgan fingerprint density at radius 1 is 1.05 bits per heavy atom. The first kappa shape index (κ1) is 13.1. The maximum atomic E-state index is 3.58. The molecule has 1 aromatic carbocycles. The zero-order valence-corrected chi connectivity index (χ0v) is 11.9. The van der Waals surface area contributed by atoms with Crippen molar-refractivity contribution in [3.8, 4) is 0 Å². The molecule has 19 heavy (non-hydrogen) atoms. The molecule has 2 unspecified atom stereocenters. The largest absolute Gasteiger partial charge is 0.316 e. The molecule has 3 rings (SSSR count). The highest BCUT2D eigenvalue weighted by molar-refractivity contribution is 5.14. The second kappa shape index (κ2) is 6.53. The van der Waals surface area contributed by atoms with E-state index in [-0.39, 0.29) is 0 Å². The number of likely N-dealkylation sites (tertiary alicyclic amines) is 1. The van der Waals surface area contributed by atoms with Crippen molar-refractivity contribution < 1.29 is 0 Å². The first-order valence-corrected chi connectivity index (χ1v) is 7.89. The molecule has 0 saturated carbocycles. The highest BCUT2D eigenvalue weighted by Crippen LogP contribution is 2.29. The van der Waals surface area contributed by atoms with Gasteiger partial charge in [0.15, 0.2) is 0 Å². The topological polar surface area (TPSA) is 15.3 Å². The van der Waals surface area contributed by atoms with E-state index >= 15 is 0 Å². The Morgan fingerprint density at radius 2 is 1.89 bits per heavy atom. The maximum absolute atomic E-state index is 3.58. The Morgan fingerprint density at radius 3 is 2.68 bits per heavy atom. The van der Waals surface area contributed by atoms with Crippen LogP contribution in [-0.4, -0.2) is 31.1 Å². The lowest BCUT2D eigenvalue weighted by molar-refractivity contribution is 0.115. The van der Waals surface area contributed by atoms with E-state index in [2.05, 4.69) is 40.5 Å². The lowest BCUT2D eigenvalue weighted by Gasteiger charge is -2.38. The van der Waals surface area contributed by atoms with Crippen LogP contribution in [-0.2, 0) is 6.54 Å². The minimum absolute atomic E-state index is 0.922. The molecule has 2 nitrogen and oxygen atoms in total. The highest BCUT2D eigenvalue weighted by Gasteiger charge is 2.28. The zero-order chi connectivity index (χ0) is 12.9. The molecule has 2 heteroatoms. The molecule has 0 radical (unpaired) electrons. The zero-order valence-electron chi connectivity index (χ0n) is 11.9. The van der Waals surface area contributed by atoms with E-state index in [0.29, 0.717) is 0 Å². The van der Waals surface area contributed by atoms with Crippen molar-refractivity contribution in [3.63, 3.8) is 0 Å². The van der Waals surface area contributed by atoms with Crippen molar-refractivity contribution in [1.29, 1.82) is 0 Å². The van der Waals surface area contributed by atoms with Crippen LogP contribution in [0, 0.1) is 11.8 Å². The Hall–Kier alpha value is -0.860. The summed E-state index contributed by atoms with van der Waals surface area (Å²) in [6, 6.07) is 10.9. The van der Waals surface area contributed by atoms with Gasteiger partial charge >= 0.3 is 0 Å². The molecule has 2 atom stereocenters. The van der Waals surface area contributed by atoms with Gasteiger partial charge in [-0.25, -0.2) is 0 Å². The summed E-state index contributed by atoms with van der Waals surface area (Å²) in [6.07, 6.45) is 5.64. The minimum Gasteiger partial charge on any atom is -0.316 e. The lowest BCUT2D eigenvalue weighted by atomic mass is 9.81. The van der Waals surface area contributed by atoms with Crippen molar-refractivity contribution in [1.82, 2.24) is 10.2 Å². The molecule has 0 amide bonds. The molecule has 0 aromatic heterocycles. The molecule has 0 bridgehead atoms. The third-order valence-corrected chi connectivity index (χ3v) is 4.79. The Bertz CT molecular complexity index is 370. The molecule has 2 heterocycles. The SMILES string of the molecule is c1ccc(CN2CCCC(C3CCCNC3)C2)cc1. The van der Waals surface area contributed by atoms with Crippen LogP contribution < -0.4 is 5.32 Å². The van der Waals surface area contributed by atoms with E-state index in [1.165, 1.54) is 57.4 Å². The summed E-state index contributed by atoms with van der Waals surface area (Å²) in [6.45, 7) is 6.21. The first-order chi connectivity index (χ1) is 9.42. The van der Waals surface area contributed by atoms with E-state index in [4.69, 9.17) is 0 Å². The van der Waals surface area contributed by atoms with Gasteiger partial charge in [-0.15, -0.1) is 0 Å². The number of nitrogens with one attached hydrogen (secondary N) is 1. The van der Waals surface area contributed by atoms with Crippen molar-refractivity contribution in [3.05, 3.63) is 35.9 Å². The Kier molecular flexibility index (Phi) is 4.52. The molecule has 2 aliphatic heterocycles. The molecule has 2 fully saturated rings. The molecule has 0 aliphatic carbocycles. The van der Waals surface area contributed by atoms with E-state index in [1.807, 2.05) is 0 Å². The normalized spacial score (nSPS) is 29.3. The van der Waals surface area contributed by atoms with Gasteiger partial charge in [0, 0.05) is 13.1 Å². The van der Waals surface area contributed by atoms with Gasteiger partial charge in [-0.2, -0.15) is 0 Å². The molecule has 1 N–H and O–H groups in total. The van der Waals surface area contributed by atoms with Crippen LogP contribution in [0.3, 0.4) is 0 Å². The summed E-state index contributed by atoms with van der Waals surface area (Å²) in [5.74, 6) is 1.84. The highest BCUT2D eigenvalue weighted by atomic mass is 15.1. The lowest BCUT2D eigenvalue weighted by Crippen LogP contribution is -2.42. The van der Waals surface area contributed by atoms with Crippen LogP contribution >= 0.6 is 0 Å². The van der Waals surface area contributed by atoms with Crippen LogP contribution in [0.5, 0.6) is 0 Å². The van der Waals surface area contributed by atoms with Gasteiger partial charge in [-0.1, -0.05) is 30.3 Å². The number of benzene rings is 1. The van der Waals surface area contributed by atoms with Crippen LogP contribution in [0.4, 0.5) is 0 Å². The molecule has 2 saturated heterocycles. The number of nitrogens with zero attached hydrogens (tertiary/aromatic N) is 1. The summed E-state index contributed by atoms with van der Waals surface area (Å²) in [5, 5.41) is 3.58. The summed E-state index contributed by atoms with van der Waals surface area (Å²) in [7, 11) is 0. The quantitative estimate of drug-likeness (QED) is 0.897. The molecule has 2 aliphatic rings. The summed E-state index contributed by atoms with van der Waals surface area (Å²) in [4.78, 5) is 2.66. The van der Waals surface area contributed by atoms with Gasteiger partial charge in [0.05, 0.1) is 0 Å². The van der Waals surface area contributed by atoms with E-state index in [9.17, 15) is 0 Å². The predicted octanol–water partition coefficient (Wildman–Crippen LogP) is 2.90. The second-order valence-electron chi connectivity index (χ2n) is 6.23. The fraction of sp³-hybridized carbons (Fsp3) is 0.647. The maximum Gasteiger partial charge on any atom is 0.0233 e. The Balaban J connectivity index is 1.55. The van der Waals surface area contributed by atoms with E-state index < -0.39 is 0 Å². The number of hydrogen-bond donors (Lipinski definition) is 1. The fourth-order valence-corrected chi connectivity index (χ4v) is 3.74. The van der Waals surface area contributed by atoms with Crippen molar-refractivity contribution >= 4 is 0 Å². The second-order valence-corrected chi connectivity index (χ2v) is 6.23. The average molecular weight is 258 g/mol. The van der Waals surface area contributed by atoms with E-state index in [0.717, 1.165) is 18.4 Å². The molecular weight excluding hydrogens is 232 g/mol. The fourth-order valence-electron chi connectivity index (χ4n) is 3.74. The third kappa shape index (κ3) is 3.58. The molecule has 104 valence electrons. The number of piperidine rings is 2. The van der Waals surface area contributed by atoms with Crippen LogP contribution in [0.2, 0.25) is 0 Å².